The van der Waals surface area contributed by atoms with Gasteiger partial charge < -0.3 is 14.8 Å². The maximum absolute atomic E-state index is 13.4. The summed E-state index contributed by atoms with van der Waals surface area (Å²) in [6.45, 7) is 1.89. The number of methoxy groups -OCH3 is 2. The van der Waals surface area contributed by atoms with Crippen LogP contribution in [0.25, 0.3) is 0 Å². The van der Waals surface area contributed by atoms with Gasteiger partial charge in [-0.2, -0.15) is 5.26 Å². The summed E-state index contributed by atoms with van der Waals surface area (Å²) in [5.74, 6) is -1.67. The van der Waals surface area contributed by atoms with Gasteiger partial charge in [0.25, 0.3) is 0 Å². The lowest BCUT2D eigenvalue weighted by Gasteiger charge is -2.29. The zero-order valence-electron chi connectivity index (χ0n) is 13.4. The second-order valence-corrected chi connectivity index (χ2v) is 6.05. The lowest BCUT2D eigenvalue weighted by molar-refractivity contribution is -0.136. The van der Waals surface area contributed by atoms with Crippen LogP contribution < -0.4 is 5.32 Å². The summed E-state index contributed by atoms with van der Waals surface area (Å²) in [7, 11) is 2.78. The average molecular weight is 395 g/mol. The Hall–Kier alpha value is -2.17. The molecule has 0 spiro atoms. The normalized spacial score (nSPS) is 17.4. The summed E-state index contributed by atoms with van der Waals surface area (Å²) in [6, 6.07) is 6.27. The molecule has 2 rings (SSSR count). The first-order chi connectivity index (χ1) is 11.4. The van der Waals surface area contributed by atoms with Gasteiger partial charge in [-0.25, -0.2) is 9.18 Å². The number of carbonyl (C=O) groups excluding carboxylic acids is 1. The van der Waals surface area contributed by atoms with Crippen molar-refractivity contribution in [3.8, 4) is 6.07 Å². The molecule has 1 heterocycles. The fourth-order valence-corrected chi connectivity index (χ4v) is 3.28. The minimum absolute atomic E-state index is 0.149. The van der Waals surface area contributed by atoms with Crippen molar-refractivity contribution in [3.05, 3.63) is 56.6 Å². The molecule has 0 fully saturated rings. The molecular formula is C17H16BrFN2O3. The van der Waals surface area contributed by atoms with Crippen molar-refractivity contribution in [2.24, 2.45) is 0 Å². The molecule has 0 saturated carbocycles. The quantitative estimate of drug-likeness (QED) is 0.794. The van der Waals surface area contributed by atoms with Crippen molar-refractivity contribution < 1.29 is 18.7 Å². The Labute approximate surface area is 147 Å². The lowest BCUT2D eigenvalue weighted by atomic mass is 9.81. The zero-order chi connectivity index (χ0) is 17.9. The SMILES string of the molecule is COCC1=C(C(=O)OC)C(c2ccc(F)cc2Br)C(C#N)=C(C)N1. The summed E-state index contributed by atoms with van der Waals surface area (Å²) >= 11 is 3.32. The predicted molar refractivity (Wildman–Crippen MR) is 89.2 cm³/mol. The van der Waals surface area contributed by atoms with E-state index in [-0.39, 0.29) is 12.2 Å². The highest BCUT2D eigenvalue weighted by atomic mass is 79.9. The number of esters is 1. The molecule has 1 aliphatic rings. The molecule has 0 bridgehead atoms. The van der Waals surface area contributed by atoms with E-state index >= 15 is 0 Å². The Morgan fingerprint density at radius 3 is 2.71 bits per heavy atom. The third-order valence-corrected chi connectivity index (χ3v) is 4.42. The molecule has 0 aromatic heterocycles. The monoisotopic (exact) mass is 394 g/mol. The van der Waals surface area contributed by atoms with Gasteiger partial charge in [0.2, 0.25) is 0 Å². The number of rotatable bonds is 4. The Bertz CT molecular complexity index is 781. The molecule has 7 heteroatoms. The zero-order valence-corrected chi connectivity index (χ0v) is 15.0. The van der Waals surface area contributed by atoms with Crippen LogP contribution in [-0.4, -0.2) is 26.8 Å². The van der Waals surface area contributed by atoms with Crippen LogP contribution in [0.2, 0.25) is 0 Å². The number of nitrogens with one attached hydrogen (secondary N) is 1. The minimum atomic E-state index is -0.677. The van der Waals surface area contributed by atoms with E-state index in [1.54, 1.807) is 13.0 Å². The predicted octanol–water partition coefficient (Wildman–Crippen LogP) is 3.15. The minimum Gasteiger partial charge on any atom is -0.466 e. The van der Waals surface area contributed by atoms with Gasteiger partial charge in [0.1, 0.15) is 5.82 Å². The van der Waals surface area contributed by atoms with E-state index in [0.29, 0.717) is 27.0 Å². The molecule has 0 aliphatic carbocycles. The molecule has 0 radical (unpaired) electrons. The van der Waals surface area contributed by atoms with Crippen molar-refractivity contribution in [2.75, 3.05) is 20.8 Å². The molecule has 1 aromatic rings. The van der Waals surface area contributed by atoms with Crippen molar-refractivity contribution in [1.82, 2.24) is 5.32 Å². The standard InChI is InChI=1S/C17H16BrFN2O3/c1-9-12(7-20)15(11-5-4-10(19)6-13(11)18)16(17(22)24-3)14(21-9)8-23-2/h4-6,15,21H,8H2,1-3H3. The number of carbonyl (C=O) groups is 1. The molecule has 1 atom stereocenters. The second kappa shape index (κ2) is 7.60. The van der Waals surface area contributed by atoms with Gasteiger partial charge >= 0.3 is 5.97 Å². The van der Waals surface area contributed by atoms with Crippen LogP contribution in [0.4, 0.5) is 4.39 Å². The topological polar surface area (TPSA) is 71.3 Å². The van der Waals surface area contributed by atoms with Crippen LogP contribution in [0, 0.1) is 17.1 Å². The summed E-state index contributed by atoms with van der Waals surface area (Å²) in [5, 5.41) is 12.6. The van der Waals surface area contributed by atoms with Crippen molar-refractivity contribution >= 4 is 21.9 Å². The van der Waals surface area contributed by atoms with Gasteiger partial charge in [-0.15, -0.1) is 0 Å². The fraction of sp³-hybridized carbons (Fsp3) is 0.294. The number of allylic oxidation sites excluding steroid dienone is 2. The Kier molecular flexibility index (Phi) is 5.75. The smallest absolute Gasteiger partial charge is 0.336 e. The van der Waals surface area contributed by atoms with Gasteiger partial charge in [0, 0.05) is 17.3 Å². The summed E-state index contributed by atoms with van der Waals surface area (Å²) < 4.78 is 24.0. The molecule has 1 N–H and O–H groups in total. The Morgan fingerprint density at radius 2 is 2.17 bits per heavy atom. The molecule has 1 aromatic carbocycles. The van der Waals surface area contributed by atoms with E-state index in [1.165, 1.54) is 26.4 Å². The molecule has 1 unspecified atom stereocenters. The van der Waals surface area contributed by atoms with Crippen LogP contribution >= 0.6 is 15.9 Å². The Balaban J connectivity index is 2.73. The van der Waals surface area contributed by atoms with Crippen molar-refractivity contribution in [3.63, 3.8) is 0 Å². The molecule has 24 heavy (non-hydrogen) atoms. The first kappa shape index (κ1) is 18.2. The number of nitrogens with zero attached hydrogens (tertiary/aromatic N) is 1. The second-order valence-electron chi connectivity index (χ2n) is 5.19. The molecule has 126 valence electrons. The van der Waals surface area contributed by atoms with E-state index in [1.807, 2.05) is 0 Å². The van der Waals surface area contributed by atoms with Crippen molar-refractivity contribution in [2.45, 2.75) is 12.8 Å². The third kappa shape index (κ3) is 3.35. The van der Waals surface area contributed by atoms with E-state index in [9.17, 15) is 14.4 Å². The number of halogens is 2. The Morgan fingerprint density at radius 1 is 1.46 bits per heavy atom. The maximum atomic E-state index is 13.4. The average Bonchev–Trinajstić information content (AvgIpc) is 2.54. The van der Waals surface area contributed by atoms with Crippen LogP contribution in [0.1, 0.15) is 18.4 Å². The van der Waals surface area contributed by atoms with Crippen molar-refractivity contribution in [1.29, 1.82) is 5.26 Å². The number of hydrogen-bond acceptors (Lipinski definition) is 5. The van der Waals surface area contributed by atoms with Crippen LogP contribution in [0.3, 0.4) is 0 Å². The largest absolute Gasteiger partial charge is 0.466 e. The lowest BCUT2D eigenvalue weighted by Crippen LogP contribution is -2.31. The fourth-order valence-electron chi connectivity index (χ4n) is 2.70. The highest BCUT2D eigenvalue weighted by Gasteiger charge is 2.36. The van der Waals surface area contributed by atoms with Crippen LogP contribution in [0.15, 0.2) is 45.2 Å². The maximum Gasteiger partial charge on any atom is 0.336 e. The number of benzene rings is 1. The van der Waals surface area contributed by atoms with E-state index in [0.717, 1.165) is 0 Å². The van der Waals surface area contributed by atoms with Gasteiger partial charge in [-0.3, -0.25) is 0 Å². The van der Waals surface area contributed by atoms with Crippen LogP contribution in [0.5, 0.6) is 0 Å². The molecular weight excluding hydrogens is 379 g/mol. The van der Waals surface area contributed by atoms with E-state index < -0.39 is 17.7 Å². The van der Waals surface area contributed by atoms with Gasteiger partial charge in [-0.1, -0.05) is 22.0 Å². The molecule has 0 amide bonds. The molecule has 0 saturated heterocycles. The first-order valence-corrected chi connectivity index (χ1v) is 7.87. The van der Waals surface area contributed by atoms with Crippen LogP contribution in [-0.2, 0) is 14.3 Å². The van der Waals surface area contributed by atoms with E-state index in [2.05, 4.69) is 27.3 Å². The summed E-state index contributed by atoms with van der Waals surface area (Å²) in [6.07, 6.45) is 0. The first-order valence-electron chi connectivity index (χ1n) is 7.07. The van der Waals surface area contributed by atoms with Gasteiger partial charge in [-0.05, 0) is 24.6 Å². The summed E-state index contributed by atoms with van der Waals surface area (Å²) in [5.41, 5.74) is 2.36. The summed E-state index contributed by atoms with van der Waals surface area (Å²) in [4.78, 5) is 12.4. The number of ether oxygens (including phenoxy) is 2. The number of hydrogen-bond donors (Lipinski definition) is 1. The highest BCUT2D eigenvalue weighted by Crippen LogP contribution is 2.41. The third-order valence-electron chi connectivity index (χ3n) is 3.73. The highest BCUT2D eigenvalue weighted by molar-refractivity contribution is 9.10. The van der Waals surface area contributed by atoms with E-state index in [4.69, 9.17) is 9.47 Å². The number of dihydropyridines is 1. The molecule has 1 aliphatic heterocycles. The number of nitriles is 1. The molecule has 5 nitrogen and oxygen atoms in total. The van der Waals surface area contributed by atoms with Gasteiger partial charge in [0.15, 0.2) is 0 Å². The van der Waals surface area contributed by atoms with Gasteiger partial charge in [0.05, 0.1) is 42.5 Å².